The van der Waals surface area contributed by atoms with E-state index in [9.17, 15) is 0 Å². The molecule has 2 N–H and O–H groups in total. The monoisotopic (exact) mass is 394 g/mol. The molecule has 1 aromatic carbocycles. The topological polar surface area (TPSA) is 67.1 Å². The number of rotatable bonds is 8. The van der Waals surface area contributed by atoms with Gasteiger partial charge in [-0.2, -0.15) is 0 Å². The number of aliphatic imine (C=N–C) groups is 1. The van der Waals surface area contributed by atoms with Gasteiger partial charge in [-0.05, 0) is 37.6 Å². The highest BCUT2D eigenvalue weighted by atomic mass is 32.2. The first-order valence-corrected chi connectivity index (χ1v) is 10.4. The molecule has 0 atom stereocenters. The van der Waals surface area contributed by atoms with Crippen molar-refractivity contribution in [2.45, 2.75) is 25.3 Å². The molecular formula is C21H26N6S. The zero-order chi connectivity index (χ0) is 19.6. The molecular weight excluding hydrogens is 368 g/mol. The first kappa shape index (κ1) is 19.9. The number of nitrogens with one attached hydrogen (secondary N) is 2. The molecule has 0 unspecified atom stereocenters. The number of aryl methyl sites for hydroxylation is 1. The van der Waals surface area contributed by atoms with E-state index in [1.807, 2.05) is 47.8 Å². The third-order valence-electron chi connectivity index (χ3n) is 4.05. The van der Waals surface area contributed by atoms with Gasteiger partial charge in [-0.25, -0.2) is 15.0 Å². The van der Waals surface area contributed by atoms with Crippen LogP contribution < -0.4 is 10.6 Å². The molecule has 3 rings (SSSR count). The Morgan fingerprint density at radius 1 is 1.11 bits per heavy atom. The van der Waals surface area contributed by atoms with Crippen molar-refractivity contribution in [2.24, 2.45) is 4.99 Å². The number of nitrogens with zero attached hydrogens (tertiary/aromatic N) is 4. The van der Waals surface area contributed by atoms with Crippen molar-refractivity contribution >= 4 is 17.7 Å². The summed E-state index contributed by atoms with van der Waals surface area (Å²) in [5, 5.41) is 6.68. The summed E-state index contributed by atoms with van der Waals surface area (Å²) in [6.45, 7) is 6.29. The minimum absolute atomic E-state index is 0.581. The first-order chi connectivity index (χ1) is 13.8. The fourth-order valence-electron chi connectivity index (χ4n) is 2.64. The van der Waals surface area contributed by atoms with Gasteiger partial charge in [0.2, 0.25) is 0 Å². The van der Waals surface area contributed by atoms with Crippen LogP contribution in [0.15, 0.2) is 70.9 Å². The predicted octanol–water partition coefficient (Wildman–Crippen LogP) is 3.42. The molecule has 0 amide bonds. The van der Waals surface area contributed by atoms with Gasteiger partial charge >= 0.3 is 0 Å². The Morgan fingerprint density at radius 2 is 1.96 bits per heavy atom. The van der Waals surface area contributed by atoms with Gasteiger partial charge in [0.05, 0.1) is 6.54 Å². The van der Waals surface area contributed by atoms with Crippen LogP contribution in [0.2, 0.25) is 0 Å². The Morgan fingerprint density at radius 3 is 2.64 bits per heavy atom. The molecule has 0 fully saturated rings. The van der Waals surface area contributed by atoms with Crippen molar-refractivity contribution in [3.8, 4) is 5.82 Å². The SMILES string of the molecule is CCNC(=NCc1ccc(-n2ccnc2C)nc1)NCCSc1ccccc1. The molecule has 146 valence electrons. The minimum atomic E-state index is 0.581. The Labute approximate surface area is 170 Å². The second-order valence-electron chi connectivity index (χ2n) is 6.15. The van der Waals surface area contributed by atoms with Crippen LogP contribution in [0.5, 0.6) is 0 Å². The van der Waals surface area contributed by atoms with Crippen molar-refractivity contribution in [1.82, 2.24) is 25.2 Å². The fraction of sp³-hybridized carbons (Fsp3) is 0.286. The number of pyridine rings is 1. The summed E-state index contributed by atoms with van der Waals surface area (Å²) in [7, 11) is 0. The average molecular weight is 395 g/mol. The maximum atomic E-state index is 4.66. The zero-order valence-electron chi connectivity index (χ0n) is 16.3. The van der Waals surface area contributed by atoms with E-state index in [2.05, 4.69) is 62.8 Å². The molecule has 0 aliphatic heterocycles. The molecule has 7 heteroatoms. The second kappa shape index (κ2) is 10.5. The van der Waals surface area contributed by atoms with E-state index < -0.39 is 0 Å². The van der Waals surface area contributed by atoms with Crippen LogP contribution >= 0.6 is 11.8 Å². The van der Waals surface area contributed by atoms with E-state index in [4.69, 9.17) is 0 Å². The van der Waals surface area contributed by atoms with Crippen LogP contribution in [0.1, 0.15) is 18.3 Å². The standard InChI is InChI=1S/C21H26N6S/c1-3-22-21(24-12-14-28-19-7-5-4-6-8-19)26-16-18-9-10-20(25-15-18)27-13-11-23-17(27)2/h4-11,13,15H,3,12,14,16H2,1-2H3,(H2,22,24,26). The van der Waals surface area contributed by atoms with E-state index >= 15 is 0 Å². The van der Waals surface area contributed by atoms with Crippen molar-refractivity contribution in [3.63, 3.8) is 0 Å². The van der Waals surface area contributed by atoms with E-state index in [-0.39, 0.29) is 0 Å². The first-order valence-electron chi connectivity index (χ1n) is 9.41. The molecule has 0 bridgehead atoms. The van der Waals surface area contributed by atoms with E-state index in [0.29, 0.717) is 6.54 Å². The Hall–Kier alpha value is -2.80. The number of benzene rings is 1. The molecule has 0 aliphatic rings. The van der Waals surface area contributed by atoms with Gasteiger partial charge in [0.25, 0.3) is 0 Å². The van der Waals surface area contributed by atoms with Crippen LogP contribution in [0.25, 0.3) is 5.82 Å². The van der Waals surface area contributed by atoms with Gasteiger partial charge in [-0.3, -0.25) is 4.57 Å². The van der Waals surface area contributed by atoms with E-state index in [1.54, 1.807) is 6.20 Å². The largest absolute Gasteiger partial charge is 0.357 e. The normalized spacial score (nSPS) is 11.4. The molecule has 0 saturated carbocycles. The summed E-state index contributed by atoms with van der Waals surface area (Å²) in [6.07, 6.45) is 5.56. The number of imidazole rings is 1. The van der Waals surface area contributed by atoms with Crippen LogP contribution in [0, 0.1) is 6.92 Å². The molecule has 3 aromatic rings. The van der Waals surface area contributed by atoms with Crippen LogP contribution in [-0.2, 0) is 6.54 Å². The average Bonchev–Trinajstić information content (AvgIpc) is 3.16. The van der Waals surface area contributed by atoms with Crippen molar-refractivity contribution in [3.05, 3.63) is 72.4 Å². The molecule has 6 nitrogen and oxygen atoms in total. The lowest BCUT2D eigenvalue weighted by Gasteiger charge is -2.11. The van der Waals surface area contributed by atoms with Crippen LogP contribution in [0.3, 0.4) is 0 Å². The number of aromatic nitrogens is 3. The van der Waals surface area contributed by atoms with Gasteiger partial charge in [0.1, 0.15) is 11.6 Å². The van der Waals surface area contributed by atoms with Gasteiger partial charge in [0.15, 0.2) is 5.96 Å². The van der Waals surface area contributed by atoms with E-state index in [0.717, 1.165) is 42.0 Å². The van der Waals surface area contributed by atoms with Crippen molar-refractivity contribution in [2.75, 3.05) is 18.8 Å². The van der Waals surface area contributed by atoms with E-state index in [1.165, 1.54) is 4.90 Å². The maximum absolute atomic E-state index is 4.66. The van der Waals surface area contributed by atoms with Crippen LogP contribution in [-0.4, -0.2) is 39.3 Å². The molecule has 0 spiro atoms. The smallest absolute Gasteiger partial charge is 0.191 e. The summed E-state index contributed by atoms with van der Waals surface area (Å²) in [4.78, 5) is 14.7. The Balaban J connectivity index is 1.51. The summed E-state index contributed by atoms with van der Waals surface area (Å²) >= 11 is 1.83. The zero-order valence-corrected chi connectivity index (χ0v) is 17.1. The molecule has 0 radical (unpaired) electrons. The lowest BCUT2D eigenvalue weighted by atomic mass is 10.3. The quantitative estimate of drug-likeness (QED) is 0.265. The summed E-state index contributed by atoms with van der Waals surface area (Å²) in [5.74, 6) is 3.59. The number of thioether (sulfide) groups is 1. The van der Waals surface area contributed by atoms with Gasteiger partial charge < -0.3 is 10.6 Å². The lowest BCUT2D eigenvalue weighted by molar-refractivity contribution is 0.841. The fourth-order valence-corrected chi connectivity index (χ4v) is 3.43. The Kier molecular flexibility index (Phi) is 7.49. The molecule has 0 aliphatic carbocycles. The molecule has 0 saturated heterocycles. The second-order valence-corrected chi connectivity index (χ2v) is 7.32. The van der Waals surface area contributed by atoms with Crippen molar-refractivity contribution in [1.29, 1.82) is 0 Å². The van der Waals surface area contributed by atoms with Crippen LogP contribution in [0.4, 0.5) is 0 Å². The number of guanidine groups is 1. The predicted molar refractivity (Wildman–Crippen MR) is 116 cm³/mol. The summed E-state index contributed by atoms with van der Waals surface area (Å²) in [5.41, 5.74) is 1.07. The molecule has 28 heavy (non-hydrogen) atoms. The number of hydrogen-bond acceptors (Lipinski definition) is 4. The molecule has 2 aromatic heterocycles. The third-order valence-corrected chi connectivity index (χ3v) is 5.07. The highest BCUT2D eigenvalue weighted by Crippen LogP contribution is 2.15. The third kappa shape index (κ3) is 5.85. The summed E-state index contributed by atoms with van der Waals surface area (Å²) in [6, 6.07) is 14.5. The van der Waals surface area contributed by atoms with Crippen molar-refractivity contribution < 1.29 is 0 Å². The highest BCUT2D eigenvalue weighted by molar-refractivity contribution is 7.99. The van der Waals surface area contributed by atoms with Gasteiger partial charge in [-0.1, -0.05) is 24.3 Å². The van der Waals surface area contributed by atoms with Gasteiger partial charge in [0, 0.05) is 42.3 Å². The molecule has 2 heterocycles. The number of hydrogen-bond donors (Lipinski definition) is 2. The van der Waals surface area contributed by atoms with Gasteiger partial charge in [-0.15, -0.1) is 11.8 Å². The summed E-state index contributed by atoms with van der Waals surface area (Å²) < 4.78 is 1.96. The highest BCUT2D eigenvalue weighted by Gasteiger charge is 2.03. The Bertz CT molecular complexity index is 873. The maximum Gasteiger partial charge on any atom is 0.191 e. The lowest BCUT2D eigenvalue weighted by Crippen LogP contribution is -2.38. The minimum Gasteiger partial charge on any atom is -0.357 e.